The smallest absolute Gasteiger partial charge is 0.381 e. The zero-order chi connectivity index (χ0) is 25.3. The van der Waals surface area contributed by atoms with Gasteiger partial charge in [0.15, 0.2) is 10.9 Å². The van der Waals surface area contributed by atoms with Crippen LogP contribution in [0.2, 0.25) is 5.02 Å². The van der Waals surface area contributed by atoms with Crippen molar-refractivity contribution >= 4 is 34.7 Å². The van der Waals surface area contributed by atoms with Crippen LogP contribution in [0.3, 0.4) is 0 Å². The molecular weight excluding hydrogens is 505 g/mol. The molecule has 0 radical (unpaired) electrons. The van der Waals surface area contributed by atoms with E-state index in [2.05, 4.69) is 20.4 Å². The molecule has 15 heteroatoms. The van der Waals surface area contributed by atoms with E-state index in [1.54, 1.807) is 0 Å². The molecule has 0 amide bonds. The average molecular weight is 522 g/mol. The van der Waals surface area contributed by atoms with Gasteiger partial charge in [-0.15, -0.1) is 0 Å². The van der Waals surface area contributed by atoms with Gasteiger partial charge in [0.25, 0.3) is 0 Å². The molecule has 2 heterocycles. The van der Waals surface area contributed by atoms with Gasteiger partial charge >= 0.3 is 6.18 Å². The number of hydrogen-bond donors (Lipinski definition) is 3. The van der Waals surface area contributed by atoms with Gasteiger partial charge in [0, 0.05) is 17.8 Å². The second kappa shape index (κ2) is 9.74. The molecule has 0 saturated heterocycles. The van der Waals surface area contributed by atoms with Crippen LogP contribution in [-0.4, -0.2) is 41.0 Å². The molecule has 0 aliphatic rings. The van der Waals surface area contributed by atoms with Gasteiger partial charge < -0.3 is 10.4 Å². The molecule has 34 heavy (non-hydrogen) atoms. The van der Waals surface area contributed by atoms with Crippen LogP contribution in [0.15, 0.2) is 43.1 Å². The predicted molar refractivity (Wildman–Crippen MR) is 116 cm³/mol. The summed E-state index contributed by atoms with van der Waals surface area (Å²) in [6.45, 7) is 1.04. The SMILES string of the molecule is C[C@@H](N(N)C(=S)Nc1ncc(C(F)(F)F)cc1Cl)[C@](O)(Cn1cncn1)c1ccc(F)cc1F. The van der Waals surface area contributed by atoms with Gasteiger partial charge in [-0.2, -0.15) is 18.3 Å². The summed E-state index contributed by atoms with van der Waals surface area (Å²) < 4.78 is 67.9. The highest BCUT2D eigenvalue weighted by Crippen LogP contribution is 2.34. The maximum Gasteiger partial charge on any atom is 0.417 e. The number of benzene rings is 1. The minimum absolute atomic E-state index is 0.227. The van der Waals surface area contributed by atoms with Crippen molar-refractivity contribution in [2.24, 2.45) is 5.84 Å². The normalized spacial score (nSPS) is 14.4. The summed E-state index contributed by atoms with van der Waals surface area (Å²) in [7, 11) is 0. The van der Waals surface area contributed by atoms with Crippen LogP contribution >= 0.6 is 23.8 Å². The van der Waals surface area contributed by atoms with E-state index in [4.69, 9.17) is 29.7 Å². The van der Waals surface area contributed by atoms with E-state index in [1.807, 2.05) is 0 Å². The van der Waals surface area contributed by atoms with Crippen molar-refractivity contribution in [2.45, 2.75) is 31.3 Å². The highest BCUT2D eigenvalue weighted by Gasteiger charge is 2.42. The molecule has 2 aromatic heterocycles. The third kappa shape index (κ3) is 5.41. The topological polar surface area (TPSA) is 105 Å². The molecule has 182 valence electrons. The zero-order valence-electron chi connectivity index (χ0n) is 17.3. The lowest BCUT2D eigenvalue weighted by Crippen LogP contribution is -2.57. The summed E-state index contributed by atoms with van der Waals surface area (Å²) in [5.74, 6) is 3.93. The molecule has 4 N–H and O–H groups in total. The van der Waals surface area contributed by atoms with Crippen LogP contribution in [-0.2, 0) is 18.3 Å². The third-order valence-electron chi connectivity index (χ3n) is 5.00. The standard InChI is InChI=1S/C19H17ClF5N7OS/c1-10(32(26)17(34)30-16-14(20)4-11(6-28-16)19(23,24)25)18(33,7-31-9-27-8-29-31)13-3-2-12(21)5-15(13)22/h2-6,8-10,33H,7,26H2,1H3,(H,28,30,34)/t10-,18-/m1/s1. The van der Waals surface area contributed by atoms with Crippen LogP contribution < -0.4 is 11.2 Å². The Kier molecular flexibility index (Phi) is 7.35. The lowest BCUT2D eigenvalue weighted by Gasteiger charge is -2.40. The van der Waals surface area contributed by atoms with Gasteiger partial charge in [0.2, 0.25) is 0 Å². The second-order valence-electron chi connectivity index (χ2n) is 7.21. The Morgan fingerprint density at radius 2 is 2.03 bits per heavy atom. The van der Waals surface area contributed by atoms with Crippen molar-refractivity contribution < 1.29 is 27.1 Å². The number of alkyl halides is 3. The predicted octanol–water partition coefficient (Wildman–Crippen LogP) is 3.47. The highest BCUT2D eigenvalue weighted by atomic mass is 35.5. The minimum Gasteiger partial charge on any atom is -0.381 e. The Balaban J connectivity index is 1.90. The van der Waals surface area contributed by atoms with E-state index in [9.17, 15) is 27.1 Å². The van der Waals surface area contributed by atoms with Gasteiger partial charge in [-0.05, 0) is 31.3 Å². The number of hydrazine groups is 1. The molecule has 0 unspecified atom stereocenters. The molecule has 0 saturated carbocycles. The van der Waals surface area contributed by atoms with Crippen molar-refractivity contribution in [3.63, 3.8) is 0 Å². The first-order valence-electron chi connectivity index (χ1n) is 9.41. The van der Waals surface area contributed by atoms with Gasteiger partial charge in [-0.3, -0.25) is 5.01 Å². The molecule has 0 spiro atoms. The third-order valence-corrected chi connectivity index (χ3v) is 5.60. The maximum absolute atomic E-state index is 14.7. The fraction of sp³-hybridized carbons (Fsp3) is 0.263. The number of nitrogens with zero attached hydrogens (tertiary/aromatic N) is 5. The first-order chi connectivity index (χ1) is 15.8. The average Bonchev–Trinajstić information content (AvgIpc) is 3.25. The summed E-state index contributed by atoms with van der Waals surface area (Å²) in [6, 6.07) is 2.07. The monoisotopic (exact) mass is 521 g/mol. The van der Waals surface area contributed by atoms with Crippen molar-refractivity contribution in [3.05, 3.63) is 70.9 Å². The lowest BCUT2D eigenvalue weighted by molar-refractivity contribution is -0.137. The zero-order valence-corrected chi connectivity index (χ0v) is 18.8. The fourth-order valence-electron chi connectivity index (χ4n) is 3.10. The van der Waals surface area contributed by atoms with Crippen molar-refractivity contribution in [1.29, 1.82) is 0 Å². The number of pyridine rings is 1. The minimum atomic E-state index is -4.65. The number of nitrogens with two attached hydrogens (primary N) is 1. The molecule has 0 bridgehead atoms. The number of halogens is 6. The Hall–Kier alpha value is -2.94. The number of thiocarbonyl (C=S) groups is 1. The highest BCUT2D eigenvalue weighted by molar-refractivity contribution is 7.80. The van der Waals surface area contributed by atoms with Crippen molar-refractivity contribution in [3.8, 4) is 0 Å². The largest absolute Gasteiger partial charge is 0.417 e. The number of aromatic nitrogens is 4. The first-order valence-corrected chi connectivity index (χ1v) is 10.2. The van der Waals surface area contributed by atoms with Gasteiger partial charge in [0.1, 0.15) is 29.9 Å². The van der Waals surface area contributed by atoms with Crippen LogP contribution in [0.25, 0.3) is 0 Å². The van der Waals surface area contributed by atoms with Gasteiger partial charge in [-0.25, -0.2) is 29.3 Å². The van der Waals surface area contributed by atoms with E-state index < -0.39 is 35.0 Å². The van der Waals surface area contributed by atoms with E-state index in [-0.39, 0.29) is 28.1 Å². The molecule has 0 aliphatic carbocycles. The van der Waals surface area contributed by atoms with Gasteiger partial charge in [0.05, 0.1) is 23.2 Å². The van der Waals surface area contributed by atoms with Crippen molar-refractivity contribution in [2.75, 3.05) is 5.32 Å². The molecule has 3 rings (SSSR count). The Morgan fingerprint density at radius 1 is 1.32 bits per heavy atom. The van der Waals surface area contributed by atoms with Crippen LogP contribution in [0.5, 0.6) is 0 Å². The molecule has 2 atom stereocenters. The van der Waals surface area contributed by atoms with Crippen LogP contribution in [0.1, 0.15) is 18.1 Å². The lowest BCUT2D eigenvalue weighted by atomic mass is 9.86. The van der Waals surface area contributed by atoms with Gasteiger partial charge in [-0.1, -0.05) is 17.7 Å². The number of aliphatic hydroxyl groups is 1. The van der Waals surface area contributed by atoms with E-state index >= 15 is 0 Å². The van der Waals surface area contributed by atoms with E-state index in [0.29, 0.717) is 18.3 Å². The van der Waals surface area contributed by atoms with E-state index in [1.165, 1.54) is 24.3 Å². The number of rotatable bonds is 6. The fourth-order valence-corrected chi connectivity index (χ4v) is 3.57. The number of anilines is 1. The molecule has 0 fully saturated rings. The molecular formula is C19H17ClF5N7OS. The maximum atomic E-state index is 14.7. The number of hydrogen-bond acceptors (Lipinski definition) is 6. The van der Waals surface area contributed by atoms with Crippen molar-refractivity contribution in [1.82, 2.24) is 24.8 Å². The molecule has 8 nitrogen and oxygen atoms in total. The Labute approximate surface area is 200 Å². The molecule has 3 aromatic rings. The summed E-state index contributed by atoms with van der Waals surface area (Å²) in [6.07, 6.45) is -1.64. The summed E-state index contributed by atoms with van der Waals surface area (Å²) in [4.78, 5) is 7.38. The summed E-state index contributed by atoms with van der Waals surface area (Å²) in [5.41, 5.74) is -3.50. The summed E-state index contributed by atoms with van der Waals surface area (Å²) in [5, 5.41) is 18.1. The van der Waals surface area contributed by atoms with Crippen LogP contribution in [0.4, 0.5) is 27.8 Å². The second-order valence-corrected chi connectivity index (χ2v) is 8.00. The first kappa shape index (κ1) is 25.7. The quantitative estimate of drug-likeness (QED) is 0.196. The summed E-state index contributed by atoms with van der Waals surface area (Å²) >= 11 is 11.1. The Bertz CT molecular complexity index is 1180. The van der Waals surface area contributed by atoms with Crippen LogP contribution in [0, 0.1) is 11.6 Å². The molecule has 1 aromatic carbocycles. The Morgan fingerprint density at radius 3 is 2.59 bits per heavy atom. The van der Waals surface area contributed by atoms with E-state index in [0.717, 1.165) is 17.1 Å². The molecule has 0 aliphatic heterocycles. The number of nitrogens with one attached hydrogen (secondary N) is 1.